The van der Waals surface area contributed by atoms with Gasteiger partial charge in [0.2, 0.25) is 0 Å². The summed E-state index contributed by atoms with van der Waals surface area (Å²) in [6.07, 6.45) is 0. The van der Waals surface area contributed by atoms with Gasteiger partial charge in [0, 0.05) is 10.6 Å². The molecule has 2 unspecified atom stereocenters. The van der Waals surface area contributed by atoms with Gasteiger partial charge in [-0.2, -0.15) is 5.26 Å². The minimum absolute atomic E-state index is 0.0306. The first kappa shape index (κ1) is 21.6. The van der Waals surface area contributed by atoms with E-state index in [4.69, 9.17) is 17.3 Å². The van der Waals surface area contributed by atoms with Gasteiger partial charge >= 0.3 is 0 Å². The Kier molecular flexibility index (Phi) is 5.74. The molecule has 6 nitrogen and oxygen atoms in total. The van der Waals surface area contributed by atoms with E-state index < -0.39 is 27.8 Å². The molecule has 0 amide bonds. The summed E-state index contributed by atoms with van der Waals surface area (Å²) in [5.74, 6) is -1.56. The quantitative estimate of drug-likeness (QED) is 0.574. The van der Waals surface area contributed by atoms with Gasteiger partial charge in [-0.05, 0) is 29.8 Å². The van der Waals surface area contributed by atoms with Crippen molar-refractivity contribution >= 4 is 27.4 Å². The third-order valence-electron chi connectivity index (χ3n) is 5.37. The molecule has 0 saturated carbocycles. The number of hydrogen-bond donors (Lipinski definition) is 1. The molecule has 0 bridgehead atoms. The van der Waals surface area contributed by atoms with Crippen LogP contribution in [-0.2, 0) is 10.0 Å². The fourth-order valence-electron chi connectivity index (χ4n) is 3.89. The van der Waals surface area contributed by atoms with E-state index in [-0.39, 0.29) is 16.3 Å². The van der Waals surface area contributed by atoms with Gasteiger partial charge in [-0.25, -0.2) is 12.7 Å². The largest absolute Gasteiger partial charge is 0.384 e. The van der Waals surface area contributed by atoms with Crippen LogP contribution in [0.15, 0.2) is 101 Å². The Morgan fingerprint density at radius 1 is 0.938 bits per heavy atom. The maximum atomic E-state index is 13.7. The molecule has 8 heteroatoms. The van der Waals surface area contributed by atoms with Crippen LogP contribution in [0.3, 0.4) is 0 Å². The number of nitriles is 1. The van der Waals surface area contributed by atoms with Gasteiger partial charge in [0.05, 0.1) is 22.5 Å². The summed E-state index contributed by atoms with van der Waals surface area (Å²) in [4.78, 5) is 13.6. The second-order valence-corrected chi connectivity index (χ2v) is 9.48. The predicted octanol–water partition coefficient (Wildman–Crippen LogP) is 4.07. The molecule has 0 spiro atoms. The molecule has 1 heterocycles. The molecule has 3 aromatic carbocycles. The van der Waals surface area contributed by atoms with Gasteiger partial charge < -0.3 is 5.73 Å². The lowest BCUT2D eigenvalue weighted by molar-refractivity contribution is 0.0910. The maximum absolute atomic E-state index is 13.7. The summed E-state index contributed by atoms with van der Waals surface area (Å²) in [7, 11) is -4.27. The van der Waals surface area contributed by atoms with Crippen LogP contribution in [0.2, 0.25) is 5.02 Å². The summed E-state index contributed by atoms with van der Waals surface area (Å²) in [6, 6.07) is 23.5. The molecule has 0 radical (unpaired) electrons. The zero-order valence-corrected chi connectivity index (χ0v) is 18.3. The maximum Gasteiger partial charge on any atom is 0.266 e. The van der Waals surface area contributed by atoms with E-state index in [9.17, 15) is 18.5 Å². The summed E-state index contributed by atoms with van der Waals surface area (Å²) < 4.78 is 28.2. The van der Waals surface area contributed by atoms with Crippen molar-refractivity contribution in [1.29, 1.82) is 5.26 Å². The van der Waals surface area contributed by atoms with E-state index in [1.165, 1.54) is 24.3 Å². The molecule has 0 aliphatic carbocycles. The second-order valence-electron chi connectivity index (χ2n) is 7.23. The monoisotopic (exact) mass is 463 g/mol. The molecule has 2 atom stereocenters. The molecule has 0 aromatic heterocycles. The Balaban J connectivity index is 1.94. The number of carbonyl (C=O) groups is 1. The highest BCUT2D eigenvalue weighted by molar-refractivity contribution is 7.89. The van der Waals surface area contributed by atoms with Crippen molar-refractivity contribution in [2.75, 3.05) is 0 Å². The minimum Gasteiger partial charge on any atom is -0.384 e. The number of sulfonamides is 1. The number of hydrogen-bond acceptors (Lipinski definition) is 5. The van der Waals surface area contributed by atoms with Crippen LogP contribution in [-0.4, -0.2) is 24.5 Å². The lowest BCUT2D eigenvalue weighted by atomic mass is 9.84. The van der Waals surface area contributed by atoms with Gasteiger partial charge in [-0.3, -0.25) is 4.79 Å². The first-order chi connectivity index (χ1) is 15.4. The fraction of sp³-hybridized carbons (Fsp3) is 0.0833. The number of ketones is 1. The van der Waals surface area contributed by atoms with E-state index in [1.807, 2.05) is 6.07 Å². The Morgan fingerprint density at radius 3 is 2.06 bits per heavy atom. The molecule has 32 heavy (non-hydrogen) atoms. The van der Waals surface area contributed by atoms with Gasteiger partial charge in [0.25, 0.3) is 10.0 Å². The molecule has 1 aliphatic rings. The number of carbonyl (C=O) groups excluding carboxylic acids is 1. The molecule has 4 rings (SSSR count). The van der Waals surface area contributed by atoms with Crippen LogP contribution in [0.1, 0.15) is 21.8 Å². The third-order valence-corrected chi connectivity index (χ3v) is 7.43. The molecule has 0 fully saturated rings. The van der Waals surface area contributed by atoms with E-state index in [1.54, 1.807) is 60.7 Å². The second kappa shape index (κ2) is 8.50. The van der Waals surface area contributed by atoms with Crippen LogP contribution in [0.5, 0.6) is 0 Å². The van der Waals surface area contributed by atoms with Crippen molar-refractivity contribution < 1.29 is 13.2 Å². The van der Waals surface area contributed by atoms with E-state index in [2.05, 4.69) is 0 Å². The Morgan fingerprint density at radius 2 is 1.50 bits per heavy atom. The predicted molar refractivity (Wildman–Crippen MR) is 121 cm³/mol. The summed E-state index contributed by atoms with van der Waals surface area (Å²) in [6.45, 7) is 0. The van der Waals surface area contributed by atoms with Crippen LogP contribution in [0, 0.1) is 11.3 Å². The molecule has 1 aliphatic heterocycles. The Labute approximate surface area is 191 Å². The number of halogens is 1. The van der Waals surface area contributed by atoms with Crippen LogP contribution in [0.25, 0.3) is 0 Å². The summed E-state index contributed by atoms with van der Waals surface area (Å²) in [5, 5.41) is 10.3. The van der Waals surface area contributed by atoms with Crippen molar-refractivity contribution in [2.24, 2.45) is 5.73 Å². The van der Waals surface area contributed by atoms with Crippen molar-refractivity contribution in [1.82, 2.24) is 4.31 Å². The topological polar surface area (TPSA) is 104 Å². The van der Waals surface area contributed by atoms with Gasteiger partial charge in [0.1, 0.15) is 11.9 Å². The van der Waals surface area contributed by atoms with E-state index in [0.29, 0.717) is 16.1 Å². The first-order valence-corrected chi connectivity index (χ1v) is 11.5. The first-order valence-electron chi connectivity index (χ1n) is 9.70. The number of benzene rings is 3. The molecular formula is C24H18ClN3O3S. The standard InChI is InChI=1S/C24H18ClN3O3S/c25-18-11-13-19(14-12-18)32(30,31)28-22(23(29)17-9-5-2-6-10-17)21(20(15-26)24(28)27)16-7-3-1-4-8-16/h1-14,21-22H,27H2. The minimum atomic E-state index is -4.27. The lowest BCUT2D eigenvalue weighted by Gasteiger charge is -2.29. The highest BCUT2D eigenvalue weighted by Gasteiger charge is 2.50. The number of nitrogens with two attached hydrogens (primary N) is 1. The van der Waals surface area contributed by atoms with Gasteiger partial charge in [-0.1, -0.05) is 72.3 Å². The van der Waals surface area contributed by atoms with Gasteiger partial charge in [0.15, 0.2) is 5.78 Å². The average Bonchev–Trinajstić information content (AvgIpc) is 3.12. The van der Waals surface area contributed by atoms with Crippen LogP contribution >= 0.6 is 11.6 Å². The third kappa shape index (κ3) is 3.64. The van der Waals surface area contributed by atoms with E-state index >= 15 is 0 Å². The summed E-state index contributed by atoms with van der Waals surface area (Å²) in [5.41, 5.74) is 7.22. The zero-order chi connectivity index (χ0) is 22.9. The number of rotatable bonds is 5. The lowest BCUT2D eigenvalue weighted by Crippen LogP contribution is -2.45. The smallest absolute Gasteiger partial charge is 0.266 e. The highest BCUT2D eigenvalue weighted by atomic mass is 35.5. The number of nitrogens with zero attached hydrogens (tertiary/aromatic N) is 2. The number of Topliss-reactive ketones (excluding diaryl/α,β-unsaturated/α-hetero) is 1. The zero-order valence-electron chi connectivity index (χ0n) is 16.7. The molecule has 3 aromatic rings. The Bertz CT molecular complexity index is 1330. The van der Waals surface area contributed by atoms with Crippen molar-refractivity contribution in [3.05, 3.63) is 112 Å². The van der Waals surface area contributed by atoms with Crippen LogP contribution < -0.4 is 5.73 Å². The molecular weight excluding hydrogens is 446 g/mol. The van der Waals surface area contributed by atoms with Crippen molar-refractivity contribution in [3.8, 4) is 6.07 Å². The molecule has 0 saturated heterocycles. The molecule has 2 N–H and O–H groups in total. The molecule has 160 valence electrons. The normalized spacial score (nSPS) is 18.4. The van der Waals surface area contributed by atoms with Gasteiger partial charge in [-0.15, -0.1) is 0 Å². The van der Waals surface area contributed by atoms with Crippen LogP contribution in [0.4, 0.5) is 0 Å². The van der Waals surface area contributed by atoms with E-state index in [0.717, 1.165) is 4.31 Å². The SMILES string of the molecule is N#CC1=C(N)N(S(=O)(=O)c2ccc(Cl)cc2)C(C(=O)c2ccccc2)C1c1ccccc1. The van der Waals surface area contributed by atoms with Crippen molar-refractivity contribution in [3.63, 3.8) is 0 Å². The summed E-state index contributed by atoms with van der Waals surface area (Å²) >= 11 is 5.92. The van der Waals surface area contributed by atoms with Crippen molar-refractivity contribution in [2.45, 2.75) is 16.9 Å². The average molecular weight is 464 g/mol. The fourth-order valence-corrected chi connectivity index (χ4v) is 5.59. The highest BCUT2D eigenvalue weighted by Crippen LogP contribution is 2.43. The Hall–Kier alpha value is -3.60.